The molecule has 0 heterocycles. The molecular formula is C7H13N. The van der Waals surface area contributed by atoms with Crippen LogP contribution in [0.15, 0.2) is 16.8 Å². The molecule has 0 amide bonds. The molecule has 0 rings (SSSR count). The van der Waals surface area contributed by atoms with E-state index in [-0.39, 0.29) is 0 Å². The average molecular weight is 111 g/mol. The largest absolute Gasteiger partial charge is 0.263 e. The van der Waals surface area contributed by atoms with Crippen LogP contribution in [0, 0.1) is 0 Å². The van der Waals surface area contributed by atoms with Gasteiger partial charge < -0.3 is 0 Å². The number of aliphatic imine (C=N–C) groups is 1. The van der Waals surface area contributed by atoms with E-state index in [1.807, 2.05) is 33.8 Å². The lowest BCUT2D eigenvalue weighted by Crippen LogP contribution is -1.79. The maximum Gasteiger partial charge on any atom is 0.0329 e. The molecule has 0 unspecified atom stereocenters. The Labute approximate surface area is 51.1 Å². The molecule has 0 N–H and O–H groups in total. The van der Waals surface area contributed by atoms with Gasteiger partial charge in [-0.3, -0.25) is 4.99 Å². The molecule has 0 aliphatic carbocycles. The van der Waals surface area contributed by atoms with Crippen molar-refractivity contribution in [1.29, 1.82) is 0 Å². The summed E-state index contributed by atoms with van der Waals surface area (Å²) in [5.74, 6) is 0. The van der Waals surface area contributed by atoms with Crippen molar-refractivity contribution in [2.24, 2.45) is 4.99 Å². The Kier molecular flexibility index (Phi) is 3.16. The van der Waals surface area contributed by atoms with Gasteiger partial charge in [0.1, 0.15) is 0 Å². The van der Waals surface area contributed by atoms with E-state index in [0.717, 1.165) is 11.4 Å². The molecule has 0 saturated carbocycles. The van der Waals surface area contributed by atoms with E-state index < -0.39 is 0 Å². The Morgan fingerprint density at radius 1 is 1.25 bits per heavy atom. The zero-order valence-electron chi connectivity index (χ0n) is 6.02. The maximum absolute atomic E-state index is 4.17. The number of hydrogen-bond acceptors (Lipinski definition) is 1. The van der Waals surface area contributed by atoms with E-state index in [1.165, 1.54) is 0 Å². The monoisotopic (exact) mass is 111 g/mol. The van der Waals surface area contributed by atoms with E-state index >= 15 is 0 Å². The third-order valence-electron chi connectivity index (χ3n) is 0.818. The summed E-state index contributed by atoms with van der Waals surface area (Å²) in [6.45, 7) is 7.97. The first kappa shape index (κ1) is 7.41. The van der Waals surface area contributed by atoms with Crippen molar-refractivity contribution in [2.75, 3.05) is 0 Å². The van der Waals surface area contributed by atoms with Crippen molar-refractivity contribution in [2.45, 2.75) is 27.7 Å². The van der Waals surface area contributed by atoms with Crippen molar-refractivity contribution in [3.63, 3.8) is 0 Å². The normalized spacial score (nSPS) is 11.2. The molecule has 0 radical (unpaired) electrons. The number of rotatable bonds is 1. The summed E-state index contributed by atoms with van der Waals surface area (Å²) in [5, 5.41) is 0. The Balaban J connectivity index is 3.89. The molecule has 0 bridgehead atoms. The van der Waals surface area contributed by atoms with Crippen molar-refractivity contribution in [1.82, 2.24) is 0 Å². The Morgan fingerprint density at radius 3 is 1.88 bits per heavy atom. The molecule has 0 aromatic carbocycles. The average Bonchev–Trinajstić information content (AvgIpc) is 1.65. The fourth-order valence-corrected chi connectivity index (χ4v) is 0.417. The first-order valence-electron chi connectivity index (χ1n) is 2.81. The molecule has 8 heavy (non-hydrogen) atoms. The van der Waals surface area contributed by atoms with Crippen molar-refractivity contribution < 1.29 is 0 Å². The summed E-state index contributed by atoms with van der Waals surface area (Å²) in [4.78, 5) is 4.17. The lowest BCUT2D eigenvalue weighted by atomic mass is 10.4. The summed E-state index contributed by atoms with van der Waals surface area (Å²) in [7, 11) is 0. The lowest BCUT2D eigenvalue weighted by Gasteiger charge is -1.88. The van der Waals surface area contributed by atoms with Crippen LogP contribution in [0.1, 0.15) is 27.7 Å². The van der Waals surface area contributed by atoms with Gasteiger partial charge in [0.15, 0.2) is 0 Å². The first-order valence-corrected chi connectivity index (χ1v) is 2.81. The minimum Gasteiger partial charge on any atom is -0.263 e. The number of allylic oxidation sites excluding steroid dienone is 2. The molecule has 0 fully saturated rings. The van der Waals surface area contributed by atoms with Crippen molar-refractivity contribution in [3.05, 3.63) is 11.8 Å². The maximum atomic E-state index is 4.17. The molecule has 0 saturated heterocycles. The van der Waals surface area contributed by atoms with Crippen LogP contribution in [0.3, 0.4) is 0 Å². The van der Waals surface area contributed by atoms with Crippen LogP contribution in [0.2, 0.25) is 0 Å². The highest BCUT2D eigenvalue weighted by molar-refractivity contribution is 5.80. The predicted molar refractivity (Wildman–Crippen MR) is 38.2 cm³/mol. The van der Waals surface area contributed by atoms with Crippen LogP contribution in [-0.2, 0) is 0 Å². The molecule has 0 aromatic heterocycles. The first-order chi connectivity index (χ1) is 3.66. The fourth-order valence-electron chi connectivity index (χ4n) is 0.417. The standard InChI is InChI=1S/C7H13N/c1-5-7(4)8-6(2)3/h5H,1-4H3. The van der Waals surface area contributed by atoms with Gasteiger partial charge in [0.25, 0.3) is 0 Å². The Morgan fingerprint density at radius 2 is 1.75 bits per heavy atom. The Bertz CT molecular complexity index is 116. The van der Waals surface area contributed by atoms with E-state index in [4.69, 9.17) is 0 Å². The van der Waals surface area contributed by atoms with Gasteiger partial charge in [0.05, 0.1) is 0 Å². The topological polar surface area (TPSA) is 12.4 Å². The smallest absolute Gasteiger partial charge is 0.0329 e. The second kappa shape index (κ2) is 3.42. The van der Waals surface area contributed by atoms with Gasteiger partial charge in [0.2, 0.25) is 0 Å². The molecule has 1 nitrogen and oxygen atoms in total. The molecule has 0 aliphatic heterocycles. The van der Waals surface area contributed by atoms with Crippen LogP contribution < -0.4 is 0 Å². The fraction of sp³-hybridized carbons (Fsp3) is 0.571. The summed E-state index contributed by atoms with van der Waals surface area (Å²) in [5.41, 5.74) is 2.20. The summed E-state index contributed by atoms with van der Waals surface area (Å²) in [6.07, 6.45) is 1.99. The highest BCUT2D eigenvalue weighted by Gasteiger charge is 1.78. The second-order valence-corrected chi connectivity index (χ2v) is 1.99. The number of nitrogens with zero attached hydrogens (tertiary/aromatic N) is 1. The molecule has 0 spiro atoms. The summed E-state index contributed by atoms with van der Waals surface area (Å²) in [6, 6.07) is 0. The third-order valence-corrected chi connectivity index (χ3v) is 0.818. The third kappa shape index (κ3) is 3.59. The zero-order valence-corrected chi connectivity index (χ0v) is 6.02. The molecule has 0 atom stereocenters. The van der Waals surface area contributed by atoms with Crippen LogP contribution in [-0.4, -0.2) is 5.71 Å². The minimum atomic E-state index is 1.09. The van der Waals surface area contributed by atoms with Crippen molar-refractivity contribution in [3.8, 4) is 0 Å². The van der Waals surface area contributed by atoms with Gasteiger partial charge in [-0.1, -0.05) is 6.08 Å². The summed E-state index contributed by atoms with van der Waals surface area (Å²) >= 11 is 0. The van der Waals surface area contributed by atoms with Crippen LogP contribution in [0.5, 0.6) is 0 Å². The SMILES string of the molecule is CC=C(C)N=C(C)C. The van der Waals surface area contributed by atoms with Crippen LogP contribution >= 0.6 is 0 Å². The molecular weight excluding hydrogens is 98.1 g/mol. The number of hydrogen-bond donors (Lipinski definition) is 0. The summed E-state index contributed by atoms with van der Waals surface area (Å²) < 4.78 is 0. The van der Waals surface area contributed by atoms with Gasteiger partial charge in [-0.25, -0.2) is 0 Å². The highest BCUT2D eigenvalue weighted by atomic mass is 14.7. The quantitative estimate of drug-likeness (QED) is 0.461. The molecule has 0 aromatic rings. The zero-order chi connectivity index (χ0) is 6.57. The van der Waals surface area contributed by atoms with Gasteiger partial charge in [-0.05, 0) is 27.7 Å². The Hall–Kier alpha value is -0.590. The van der Waals surface area contributed by atoms with E-state index in [2.05, 4.69) is 4.99 Å². The molecule has 46 valence electrons. The van der Waals surface area contributed by atoms with Crippen molar-refractivity contribution >= 4 is 5.71 Å². The van der Waals surface area contributed by atoms with Crippen LogP contribution in [0.4, 0.5) is 0 Å². The van der Waals surface area contributed by atoms with Crippen LogP contribution in [0.25, 0.3) is 0 Å². The van der Waals surface area contributed by atoms with E-state index in [0.29, 0.717) is 0 Å². The van der Waals surface area contributed by atoms with Gasteiger partial charge in [-0.15, -0.1) is 0 Å². The highest BCUT2D eigenvalue weighted by Crippen LogP contribution is 1.92. The van der Waals surface area contributed by atoms with E-state index in [9.17, 15) is 0 Å². The lowest BCUT2D eigenvalue weighted by molar-refractivity contribution is 1.27. The van der Waals surface area contributed by atoms with Gasteiger partial charge in [-0.2, -0.15) is 0 Å². The second-order valence-electron chi connectivity index (χ2n) is 1.99. The van der Waals surface area contributed by atoms with E-state index in [1.54, 1.807) is 0 Å². The van der Waals surface area contributed by atoms with Gasteiger partial charge >= 0.3 is 0 Å². The minimum absolute atomic E-state index is 1.09. The van der Waals surface area contributed by atoms with Gasteiger partial charge in [0, 0.05) is 11.4 Å². The predicted octanol–water partition coefficient (Wildman–Crippen LogP) is 2.39. The molecule has 1 heteroatoms. The molecule has 0 aliphatic rings.